The molecule has 0 aliphatic carbocycles. The minimum atomic E-state index is -0.181. The molecule has 0 aromatic heterocycles. The Morgan fingerprint density at radius 3 is 2.40 bits per heavy atom. The van der Waals surface area contributed by atoms with Gasteiger partial charge in [-0.3, -0.25) is 0 Å². The van der Waals surface area contributed by atoms with Gasteiger partial charge in [0.25, 0.3) is 0 Å². The van der Waals surface area contributed by atoms with Gasteiger partial charge in [0.1, 0.15) is 0 Å². The topological polar surface area (TPSA) is 41.1 Å². The van der Waals surface area contributed by atoms with Crippen molar-refractivity contribution >= 4 is 11.7 Å². The quantitative estimate of drug-likeness (QED) is 0.870. The van der Waals surface area contributed by atoms with Crippen molar-refractivity contribution in [1.29, 1.82) is 0 Å². The lowest BCUT2D eigenvalue weighted by Gasteiger charge is -2.11. The number of benzene rings is 2. The molecular weight excluding hydrogens is 248 g/mol. The third kappa shape index (κ3) is 3.60. The SMILES string of the molecule is Cc1ccc(CNC(=O)Nc2cccc(C)c2C)cc1. The fourth-order valence-corrected chi connectivity index (χ4v) is 1.94. The molecule has 2 N–H and O–H groups in total. The third-order valence-corrected chi connectivity index (χ3v) is 3.43. The van der Waals surface area contributed by atoms with Crippen molar-refractivity contribution in [2.75, 3.05) is 5.32 Å². The summed E-state index contributed by atoms with van der Waals surface area (Å²) in [5.41, 5.74) is 5.42. The Hall–Kier alpha value is -2.29. The summed E-state index contributed by atoms with van der Waals surface area (Å²) in [6, 6.07) is 13.8. The summed E-state index contributed by atoms with van der Waals surface area (Å²) in [6.07, 6.45) is 0. The predicted octanol–water partition coefficient (Wildman–Crippen LogP) is 3.93. The number of anilines is 1. The van der Waals surface area contributed by atoms with Crippen LogP contribution in [0.2, 0.25) is 0 Å². The highest BCUT2D eigenvalue weighted by Gasteiger charge is 2.05. The summed E-state index contributed by atoms with van der Waals surface area (Å²) in [5.74, 6) is 0. The molecule has 2 aromatic carbocycles. The van der Waals surface area contributed by atoms with Gasteiger partial charge in [0.15, 0.2) is 0 Å². The Balaban J connectivity index is 1.92. The molecule has 20 heavy (non-hydrogen) atoms. The maximum Gasteiger partial charge on any atom is 0.319 e. The van der Waals surface area contributed by atoms with Crippen molar-refractivity contribution in [2.24, 2.45) is 0 Å². The summed E-state index contributed by atoms with van der Waals surface area (Å²) < 4.78 is 0. The number of hydrogen-bond acceptors (Lipinski definition) is 1. The van der Waals surface area contributed by atoms with E-state index in [1.165, 1.54) is 11.1 Å². The largest absolute Gasteiger partial charge is 0.334 e. The molecule has 0 spiro atoms. The zero-order chi connectivity index (χ0) is 14.5. The van der Waals surface area contributed by atoms with Gasteiger partial charge in [0, 0.05) is 12.2 Å². The first-order valence-electron chi connectivity index (χ1n) is 6.73. The lowest BCUT2D eigenvalue weighted by atomic mass is 10.1. The molecule has 104 valence electrons. The molecule has 0 atom stereocenters. The number of rotatable bonds is 3. The van der Waals surface area contributed by atoms with Crippen LogP contribution in [0.25, 0.3) is 0 Å². The molecule has 0 unspecified atom stereocenters. The van der Waals surface area contributed by atoms with E-state index in [-0.39, 0.29) is 6.03 Å². The standard InChI is InChI=1S/C17H20N2O/c1-12-7-9-15(10-8-12)11-18-17(20)19-16-6-4-5-13(2)14(16)3/h4-10H,11H2,1-3H3,(H2,18,19,20). The first-order chi connectivity index (χ1) is 9.56. The second-order valence-corrected chi connectivity index (χ2v) is 5.04. The van der Waals surface area contributed by atoms with Crippen molar-refractivity contribution in [3.63, 3.8) is 0 Å². The fraction of sp³-hybridized carbons (Fsp3) is 0.235. The molecule has 3 heteroatoms. The Bertz CT molecular complexity index is 603. The summed E-state index contributed by atoms with van der Waals surface area (Å²) in [4.78, 5) is 11.9. The van der Waals surface area contributed by atoms with E-state index >= 15 is 0 Å². The molecule has 0 radical (unpaired) electrons. The zero-order valence-electron chi connectivity index (χ0n) is 12.2. The number of carbonyl (C=O) groups excluding carboxylic acids is 1. The number of nitrogens with one attached hydrogen (secondary N) is 2. The van der Waals surface area contributed by atoms with Crippen molar-refractivity contribution in [1.82, 2.24) is 5.32 Å². The van der Waals surface area contributed by atoms with Gasteiger partial charge in [-0.2, -0.15) is 0 Å². The highest BCUT2D eigenvalue weighted by molar-refractivity contribution is 5.90. The van der Waals surface area contributed by atoms with E-state index in [1.54, 1.807) is 0 Å². The van der Waals surface area contributed by atoms with Crippen LogP contribution in [-0.4, -0.2) is 6.03 Å². The van der Waals surface area contributed by atoms with Crippen LogP contribution in [0.3, 0.4) is 0 Å². The highest BCUT2D eigenvalue weighted by Crippen LogP contribution is 2.17. The lowest BCUT2D eigenvalue weighted by Crippen LogP contribution is -2.28. The molecule has 0 heterocycles. The van der Waals surface area contributed by atoms with Gasteiger partial charge < -0.3 is 10.6 Å². The summed E-state index contributed by atoms with van der Waals surface area (Å²) in [6.45, 7) is 6.61. The zero-order valence-corrected chi connectivity index (χ0v) is 12.2. The van der Waals surface area contributed by atoms with E-state index in [4.69, 9.17) is 0 Å². The van der Waals surface area contributed by atoms with E-state index in [0.717, 1.165) is 16.8 Å². The third-order valence-electron chi connectivity index (χ3n) is 3.43. The number of aryl methyl sites for hydroxylation is 2. The lowest BCUT2D eigenvalue weighted by molar-refractivity contribution is 0.251. The van der Waals surface area contributed by atoms with Crippen LogP contribution in [0.15, 0.2) is 42.5 Å². The van der Waals surface area contributed by atoms with Gasteiger partial charge in [0.05, 0.1) is 0 Å². The molecule has 2 aromatic rings. The van der Waals surface area contributed by atoms with Crippen LogP contribution >= 0.6 is 0 Å². The molecule has 0 bridgehead atoms. The molecule has 0 aliphatic heterocycles. The van der Waals surface area contributed by atoms with Gasteiger partial charge >= 0.3 is 6.03 Å². The summed E-state index contributed by atoms with van der Waals surface area (Å²) in [5, 5.41) is 5.75. The van der Waals surface area contributed by atoms with Crippen LogP contribution in [0.5, 0.6) is 0 Å². The molecule has 0 saturated heterocycles. The Kier molecular flexibility index (Phi) is 4.41. The fourth-order valence-electron chi connectivity index (χ4n) is 1.94. The van der Waals surface area contributed by atoms with Gasteiger partial charge in [-0.05, 0) is 43.5 Å². The van der Waals surface area contributed by atoms with E-state index < -0.39 is 0 Å². The van der Waals surface area contributed by atoms with E-state index in [9.17, 15) is 4.79 Å². The van der Waals surface area contributed by atoms with Crippen LogP contribution < -0.4 is 10.6 Å². The number of urea groups is 1. The first kappa shape index (κ1) is 14.1. The summed E-state index contributed by atoms with van der Waals surface area (Å²) >= 11 is 0. The average molecular weight is 268 g/mol. The molecule has 0 aliphatic rings. The number of amides is 2. The molecular formula is C17H20N2O. The van der Waals surface area contributed by atoms with E-state index in [2.05, 4.69) is 10.6 Å². The second-order valence-electron chi connectivity index (χ2n) is 5.04. The smallest absolute Gasteiger partial charge is 0.319 e. The summed E-state index contributed by atoms with van der Waals surface area (Å²) in [7, 11) is 0. The van der Waals surface area contributed by atoms with Crippen LogP contribution in [-0.2, 0) is 6.54 Å². The average Bonchev–Trinajstić information content (AvgIpc) is 2.43. The van der Waals surface area contributed by atoms with Gasteiger partial charge in [-0.15, -0.1) is 0 Å². The molecule has 0 fully saturated rings. The van der Waals surface area contributed by atoms with Crippen molar-refractivity contribution in [3.8, 4) is 0 Å². The maximum atomic E-state index is 11.9. The second kappa shape index (κ2) is 6.24. The molecule has 2 rings (SSSR count). The van der Waals surface area contributed by atoms with Gasteiger partial charge in [-0.25, -0.2) is 4.79 Å². The number of hydrogen-bond donors (Lipinski definition) is 2. The van der Waals surface area contributed by atoms with E-state index in [1.807, 2.05) is 63.2 Å². The molecule has 0 saturated carbocycles. The van der Waals surface area contributed by atoms with Crippen molar-refractivity contribution < 1.29 is 4.79 Å². The normalized spacial score (nSPS) is 10.2. The minimum Gasteiger partial charge on any atom is -0.334 e. The Morgan fingerprint density at radius 2 is 1.70 bits per heavy atom. The first-order valence-corrected chi connectivity index (χ1v) is 6.73. The minimum absolute atomic E-state index is 0.181. The predicted molar refractivity (Wildman–Crippen MR) is 83.0 cm³/mol. The highest BCUT2D eigenvalue weighted by atomic mass is 16.2. The van der Waals surface area contributed by atoms with Crippen LogP contribution in [0, 0.1) is 20.8 Å². The maximum absolute atomic E-state index is 11.9. The van der Waals surface area contributed by atoms with E-state index in [0.29, 0.717) is 6.54 Å². The van der Waals surface area contributed by atoms with Crippen LogP contribution in [0.4, 0.5) is 10.5 Å². The number of carbonyl (C=O) groups is 1. The monoisotopic (exact) mass is 268 g/mol. The van der Waals surface area contributed by atoms with Crippen molar-refractivity contribution in [2.45, 2.75) is 27.3 Å². The molecule has 2 amide bonds. The molecule has 3 nitrogen and oxygen atoms in total. The van der Waals surface area contributed by atoms with Gasteiger partial charge in [-0.1, -0.05) is 42.0 Å². The van der Waals surface area contributed by atoms with Crippen LogP contribution in [0.1, 0.15) is 22.3 Å². The Morgan fingerprint density at radius 1 is 1.00 bits per heavy atom. The Labute approximate surface area is 120 Å². The van der Waals surface area contributed by atoms with Gasteiger partial charge in [0.2, 0.25) is 0 Å². The van der Waals surface area contributed by atoms with Crippen molar-refractivity contribution in [3.05, 3.63) is 64.7 Å².